The minimum absolute atomic E-state index is 0.00354. The molecule has 1 saturated carbocycles. The lowest BCUT2D eigenvalue weighted by Crippen LogP contribution is -2.62. The third-order valence-corrected chi connectivity index (χ3v) is 10.8. The van der Waals surface area contributed by atoms with Gasteiger partial charge in [0.15, 0.2) is 0 Å². The largest absolute Gasteiger partial charge is 0.508 e. The molecule has 0 aromatic heterocycles. The highest BCUT2D eigenvalue weighted by atomic mass is 16.6. The van der Waals surface area contributed by atoms with Gasteiger partial charge in [-0.05, 0) is 118 Å². The first kappa shape index (κ1) is 43.4. The minimum atomic E-state index is -1.14. The summed E-state index contributed by atoms with van der Waals surface area (Å²) in [4.78, 5) is 71.3. The minimum Gasteiger partial charge on any atom is -0.508 e. The van der Waals surface area contributed by atoms with Crippen LogP contribution in [0.25, 0.3) is 11.1 Å². The molecular weight excluding hydrogens is 727 g/mol. The molecule has 0 bridgehead atoms. The van der Waals surface area contributed by atoms with Crippen molar-refractivity contribution in [2.24, 2.45) is 11.8 Å². The number of aryl methyl sites for hydroxylation is 1. The summed E-state index contributed by atoms with van der Waals surface area (Å²) < 4.78 is 5.61. The Bertz CT molecular complexity index is 1810. The van der Waals surface area contributed by atoms with Crippen LogP contribution in [-0.2, 0) is 41.6 Å². The van der Waals surface area contributed by atoms with Gasteiger partial charge >= 0.3 is 5.97 Å². The molecule has 5 atom stereocenters. The second-order valence-electron chi connectivity index (χ2n) is 17.2. The van der Waals surface area contributed by atoms with Crippen molar-refractivity contribution in [3.63, 3.8) is 0 Å². The van der Waals surface area contributed by atoms with Crippen molar-refractivity contribution < 1.29 is 33.8 Å². The lowest BCUT2D eigenvalue weighted by atomic mass is 9.95. The van der Waals surface area contributed by atoms with Gasteiger partial charge in [-0.3, -0.25) is 34.3 Å². The number of hydrogen-bond donors (Lipinski definition) is 5. The van der Waals surface area contributed by atoms with Gasteiger partial charge < -0.3 is 30.3 Å². The van der Waals surface area contributed by atoms with E-state index in [1.165, 1.54) is 21.9 Å². The molecule has 14 heteroatoms. The molecule has 2 aromatic carbocycles. The second kappa shape index (κ2) is 18.3. The zero-order valence-corrected chi connectivity index (χ0v) is 35.1. The summed E-state index contributed by atoms with van der Waals surface area (Å²) >= 11 is 0. The highest BCUT2D eigenvalue weighted by Gasteiger charge is 2.52. The Balaban J connectivity index is 1.39. The molecule has 0 unspecified atom stereocenters. The summed E-state index contributed by atoms with van der Waals surface area (Å²) in [6.07, 6.45) is 4.02. The predicted molar refractivity (Wildman–Crippen MR) is 219 cm³/mol. The van der Waals surface area contributed by atoms with Crippen molar-refractivity contribution in [2.75, 3.05) is 39.0 Å². The van der Waals surface area contributed by atoms with E-state index in [4.69, 9.17) is 4.74 Å². The molecule has 312 valence electrons. The van der Waals surface area contributed by atoms with Crippen molar-refractivity contribution in [3.8, 4) is 16.9 Å². The van der Waals surface area contributed by atoms with E-state index in [2.05, 4.69) is 34.4 Å². The number of amides is 4. The molecule has 2 heterocycles. The van der Waals surface area contributed by atoms with E-state index in [0.29, 0.717) is 24.3 Å². The molecule has 0 spiro atoms. The van der Waals surface area contributed by atoms with Crippen LogP contribution in [0.3, 0.4) is 0 Å². The maximum atomic E-state index is 14.5. The Kier molecular flexibility index (Phi) is 13.9. The Morgan fingerprint density at radius 3 is 2.35 bits per heavy atom. The normalized spacial score (nSPS) is 20.3. The molecule has 3 aliphatic rings. The van der Waals surface area contributed by atoms with E-state index in [-0.39, 0.29) is 49.2 Å². The van der Waals surface area contributed by atoms with Crippen LogP contribution in [0, 0.1) is 11.8 Å². The number of benzene rings is 2. The highest BCUT2D eigenvalue weighted by Crippen LogP contribution is 2.40. The number of aromatic hydroxyl groups is 1. The van der Waals surface area contributed by atoms with Crippen LogP contribution >= 0.6 is 0 Å². The van der Waals surface area contributed by atoms with E-state index in [0.717, 1.165) is 48.2 Å². The van der Waals surface area contributed by atoms with Crippen LogP contribution in [0.4, 0.5) is 5.69 Å². The Morgan fingerprint density at radius 1 is 1.00 bits per heavy atom. The summed E-state index contributed by atoms with van der Waals surface area (Å²) in [5.41, 5.74) is 6.72. The topological polar surface area (TPSA) is 183 Å². The first-order valence-electron chi connectivity index (χ1n) is 20.5. The lowest BCUT2D eigenvalue weighted by Gasteiger charge is -2.37. The number of nitrogens with one attached hydrogen (secondary N) is 4. The fraction of sp³-hybridized carbons (Fsp3) is 0.605. The SMILES string of the molecule is CCNc1ccc(-c2cc(O)cc(C[C@H](NC(=O)[C@H](C(C)C)N(C)C(=O)CN(C)C(=O)[C@@H]3N[C@@H]3C3CC3)C(=O)N3CCC[C@@H](C(=O)OC(C)(C)C)N3)c2)cc1CC. The third-order valence-electron chi connectivity index (χ3n) is 10.8. The molecule has 0 radical (unpaired) electrons. The summed E-state index contributed by atoms with van der Waals surface area (Å²) in [5.74, 6) is -1.88. The molecule has 57 heavy (non-hydrogen) atoms. The number of esters is 1. The number of anilines is 1. The summed E-state index contributed by atoms with van der Waals surface area (Å²) in [6.45, 7) is 14.0. The lowest BCUT2D eigenvalue weighted by molar-refractivity contribution is -0.162. The molecule has 2 aliphatic heterocycles. The number of hydrazine groups is 1. The van der Waals surface area contributed by atoms with Gasteiger partial charge in [-0.25, -0.2) is 5.43 Å². The molecule has 14 nitrogen and oxygen atoms in total. The number of ether oxygens (including phenoxy) is 1. The van der Waals surface area contributed by atoms with Gasteiger partial charge in [-0.15, -0.1) is 0 Å². The van der Waals surface area contributed by atoms with Gasteiger partial charge in [-0.2, -0.15) is 0 Å². The number of carbonyl (C=O) groups excluding carboxylic acids is 5. The molecular formula is C43H63N7O7. The van der Waals surface area contributed by atoms with Crippen LogP contribution in [-0.4, -0.2) is 119 Å². The van der Waals surface area contributed by atoms with Crippen LogP contribution in [0.15, 0.2) is 36.4 Å². The van der Waals surface area contributed by atoms with Crippen LogP contribution in [0.2, 0.25) is 0 Å². The number of hydrogen-bond acceptors (Lipinski definition) is 10. The number of phenols is 1. The first-order chi connectivity index (χ1) is 26.9. The number of nitrogens with zero attached hydrogens (tertiary/aromatic N) is 3. The maximum Gasteiger partial charge on any atom is 0.325 e. The van der Waals surface area contributed by atoms with Gasteiger partial charge in [0.25, 0.3) is 5.91 Å². The average molecular weight is 790 g/mol. The highest BCUT2D eigenvalue weighted by molar-refractivity contribution is 5.94. The monoisotopic (exact) mass is 789 g/mol. The van der Waals surface area contributed by atoms with Gasteiger partial charge in [0.05, 0.1) is 6.54 Å². The Morgan fingerprint density at radius 2 is 1.72 bits per heavy atom. The number of rotatable bonds is 16. The van der Waals surface area contributed by atoms with Crippen molar-refractivity contribution in [1.29, 1.82) is 0 Å². The number of phenolic OH excluding ortho intramolecular Hbond substituents is 1. The number of likely N-dealkylation sites (N-methyl/N-ethyl adjacent to an activating group) is 2. The molecule has 2 saturated heterocycles. The fourth-order valence-electron chi connectivity index (χ4n) is 7.71. The zero-order chi connectivity index (χ0) is 41.8. The molecule has 5 N–H and O–H groups in total. The second-order valence-corrected chi connectivity index (χ2v) is 17.2. The molecule has 1 aliphatic carbocycles. The van der Waals surface area contributed by atoms with Gasteiger partial charge in [0, 0.05) is 45.3 Å². The zero-order valence-electron chi connectivity index (χ0n) is 35.1. The van der Waals surface area contributed by atoms with Crippen molar-refractivity contribution in [2.45, 2.75) is 123 Å². The van der Waals surface area contributed by atoms with Gasteiger partial charge in [0.2, 0.25) is 17.7 Å². The summed E-state index contributed by atoms with van der Waals surface area (Å²) in [6, 6.07) is 8.22. The molecule has 5 rings (SSSR count). The summed E-state index contributed by atoms with van der Waals surface area (Å²) in [5, 5.41) is 21.9. The van der Waals surface area contributed by atoms with Crippen molar-refractivity contribution >= 4 is 35.3 Å². The molecule has 4 amide bonds. The van der Waals surface area contributed by atoms with Gasteiger partial charge in [0.1, 0.15) is 35.5 Å². The van der Waals surface area contributed by atoms with Gasteiger partial charge in [-0.1, -0.05) is 32.9 Å². The summed E-state index contributed by atoms with van der Waals surface area (Å²) in [7, 11) is 3.13. The van der Waals surface area contributed by atoms with E-state index in [9.17, 15) is 29.1 Å². The van der Waals surface area contributed by atoms with E-state index in [1.54, 1.807) is 40.0 Å². The maximum absolute atomic E-state index is 14.5. The van der Waals surface area contributed by atoms with E-state index in [1.807, 2.05) is 39.0 Å². The molecule has 3 fully saturated rings. The average Bonchev–Trinajstić information content (AvgIpc) is 4.08. The standard InChI is InChI=1S/C43H63N7O7/c1-10-27-22-29(16-17-32(27)44-11-2)30-19-26(20-31(51)23-30)21-34(40(54)50-18-12-13-33(47-50)42(56)57-43(5,6)7)45-39(53)38(25(3)4)49(9)35(52)24-48(8)41(55)37-36(46-37)28-14-15-28/h16-17,19-20,22-23,25,28,33-34,36-38,44,46-47,51H,10-15,18,21,24H2,1-9H3,(H,45,53)/t33-,34-,36+,37+,38-/m0/s1. The van der Waals surface area contributed by atoms with E-state index >= 15 is 0 Å². The first-order valence-corrected chi connectivity index (χ1v) is 20.5. The van der Waals surface area contributed by atoms with E-state index < -0.39 is 47.4 Å². The smallest absolute Gasteiger partial charge is 0.325 e. The predicted octanol–water partition coefficient (Wildman–Crippen LogP) is 3.61. The Hall–Kier alpha value is -4.69. The fourth-order valence-corrected chi connectivity index (χ4v) is 7.71. The van der Waals surface area contributed by atoms with Crippen LogP contribution in [0.5, 0.6) is 5.75 Å². The van der Waals surface area contributed by atoms with Crippen molar-refractivity contribution in [3.05, 3.63) is 47.5 Å². The number of carbonyl (C=O) groups is 5. The Labute approximate surface area is 337 Å². The van der Waals surface area contributed by atoms with Crippen LogP contribution in [0.1, 0.15) is 85.3 Å². The van der Waals surface area contributed by atoms with Crippen LogP contribution < -0.4 is 21.4 Å². The molecule has 2 aromatic rings. The quantitative estimate of drug-likeness (QED) is 0.125. The third kappa shape index (κ3) is 11.2. The van der Waals surface area contributed by atoms with Crippen molar-refractivity contribution in [1.82, 2.24) is 30.9 Å².